The van der Waals surface area contributed by atoms with Crippen molar-refractivity contribution < 1.29 is 9.53 Å². The van der Waals surface area contributed by atoms with Crippen LogP contribution in [0.1, 0.15) is 6.42 Å². The Bertz CT molecular complexity index is 984. The van der Waals surface area contributed by atoms with Gasteiger partial charge in [0.2, 0.25) is 11.9 Å². The molecule has 0 unspecified atom stereocenters. The van der Waals surface area contributed by atoms with E-state index in [4.69, 9.17) is 22.1 Å². The number of anilines is 3. The van der Waals surface area contributed by atoms with Crippen LogP contribution in [0.25, 0.3) is 11.0 Å². The first-order valence-electron chi connectivity index (χ1n) is 8.95. The van der Waals surface area contributed by atoms with Crippen LogP contribution in [0.4, 0.5) is 17.5 Å². The molecule has 1 aliphatic rings. The number of fused-ring (bicyclic) bond motifs is 1. The third-order valence-corrected chi connectivity index (χ3v) is 4.81. The van der Waals surface area contributed by atoms with Gasteiger partial charge in [-0.2, -0.15) is 4.98 Å². The van der Waals surface area contributed by atoms with E-state index in [0.29, 0.717) is 36.4 Å². The third-order valence-electron chi connectivity index (χ3n) is 4.51. The van der Waals surface area contributed by atoms with Gasteiger partial charge in [0.15, 0.2) is 0 Å². The number of morpholine rings is 1. The number of nitrogens with two attached hydrogens (primary N) is 1. The lowest BCUT2D eigenvalue weighted by molar-refractivity contribution is -0.118. The van der Waals surface area contributed by atoms with E-state index < -0.39 is 0 Å². The SMILES string of the molecule is NC(=O)CCn1cc(Cl)c2cnc(Nc3ccc(N4CCOCC4)nc3)nc21. The number of ether oxygens (including phenoxy) is 1. The molecule has 0 atom stereocenters. The summed E-state index contributed by atoms with van der Waals surface area (Å²) < 4.78 is 7.17. The normalized spacial score (nSPS) is 14.4. The van der Waals surface area contributed by atoms with E-state index in [9.17, 15) is 4.79 Å². The molecule has 28 heavy (non-hydrogen) atoms. The number of carbonyl (C=O) groups excluding carboxylic acids is 1. The molecule has 3 N–H and O–H groups in total. The third kappa shape index (κ3) is 4.00. The lowest BCUT2D eigenvalue weighted by atomic mass is 10.3. The summed E-state index contributed by atoms with van der Waals surface area (Å²) in [6.07, 6.45) is 5.34. The van der Waals surface area contributed by atoms with Gasteiger partial charge in [-0.25, -0.2) is 9.97 Å². The Kier molecular flexibility index (Phi) is 5.27. The molecular weight excluding hydrogens is 382 g/mol. The lowest BCUT2D eigenvalue weighted by Gasteiger charge is -2.27. The molecule has 10 heteroatoms. The molecular formula is C18H20ClN7O2. The molecule has 4 rings (SSSR count). The standard InChI is InChI=1S/C18H20ClN7O2/c19-14-11-26(4-3-15(20)27)17-13(14)10-22-18(24-17)23-12-1-2-16(21-9-12)25-5-7-28-8-6-25/h1-2,9-11H,3-8H2,(H2,20,27)(H,22,23,24). The summed E-state index contributed by atoms with van der Waals surface area (Å²) in [6.45, 7) is 3.51. The summed E-state index contributed by atoms with van der Waals surface area (Å²) in [5.74, 6) is 0.956. The van der Waals surface area contributed by atoms with Crippen molar-refractivity contribution in [2.45, 2.75) is 13.0 Å². The van der Waals surface area contributed by atoms with E-state index in [0.717, 1.165) is 30.0 Å². The second-order valence-corrected chi connectivity index (χ2v) is 6.85. The fraction of sp³-hybridized carbons (Fsp3) is 0.333. The molecule has 0 aliphatic carbocycles. The molecule has 0 saturated carbocycles. The first-order valence-corrected chi connectivity index (χ1v) is 9.33. The van der Waals surface area contributed by atoms with Crippen LogP contribution < -0.4 is 16.0 Å². The number of aromatic nitrogens is 4. The van der Waals surface area contributed by atoms with Crippen molar-refractivity contribution >= 4 is 46.0 Å². The molecule has 1 aliphatic heterocycles. The van der Waals surface area contributed by atoms with Crippen LogP contribution in [-0.2, 0) is 16.1 Å². The van der Waals surface area contributed by atoms with Gasteiger partial charge in [-0.1, -0.05) is 11.6 Å². The Morgan fingerprint density at radius 1 is 1.25 bits per heavy atom. The number of carbonyl (C=O) groups is 1. The highest BCUT2D eigenvalue weighted by Gasteiger charge is 2.13. The number of nitrogens with zero attached hydrogens (tertiary/aromatic N) is 5. The minimum atomic E-state index is -0.378. The quantitative estimate of drug-likeness (QED) is 0.649. The molecule has 1 saturated heterocycles. The Hall–Kier alpha value is -2.91. The molecule has 9 nitrogen and oxygen atoms in total. The molecule has 1 fully saturated rings. The maximum atomic E-state index is 11.1. The van der Waals surface area contributed by atoms with Crippen molar-refractivity contribution in [3.63, 3.8) is 0 Å². The number of aryl methyl sites for hydroxylation is 1. The van der Waals surface area contributed by atoms with E-state index in [1.165, 1.54) is 0 Å². The zero-order chi connectivity index (χ0) is 19.5. The number of amides is 1. The highest BCUT2D eigenvalue weighted by Crippen LogP contribution is 2.26. The molecule has 4 heterocycles. The molecule has 0 bridgehead atoms. The molecule has 3 aromatic rings. The van der Waals surface area contributed by atoms with Crippen molar-refractivity contribution in [1.29, 1.82) is 0 Å². The number of rotatable bonds is 6. The van der Waals surface area contributed by atoms with Crippen molar-refractivity contribution in [3.8, 4) is 0 Å². The number of hydrogen-bond acceptors (Lipinski definition) is 7. The fourth-order valence-electron chi connectivity index (χ4n) is 3.06. The minimum absolute atomic E-state index is 0.208. The van der Waals surface area contributed by atoms with Gasteiger partial charge in [0.25, 0.3) is 0 Å². The minimum Gasteiger partial charge on any atom is -0.378 e. The number of primary amides is 1. The zero-order valence-corrected chi connectivity index (χ0v) is 15.9. The summed E-state index contributed by atoms with van der Waals surface area (Å²) in [6, 6.07) is 3.89. The Balaban J connectivity index is 1.52. The maximum absolute atomic E-state index is 11.1. The first kappa shape index (κ1) is 18.5. The van der Waals surface area contributed by atoms with Crippen molar-refractivity contribution in [3.05, 3.63) is 35.7 Å². The van der Waals surface area contributed by atoms with Gasteiger partial charge >= 0.3 is 0 Å². The fourth-order valence-corrected chi connectivity index (χ4v) is 3.31. The van der Waals surface area contributed by atoms with E-state index in [1.807, 2.05) is 12.1 Å². The van der Waals surface area contributed by atoms with Crippen LogP contribution in [0, 0.1) is 0 Å². The molecule has 0 aromatic carbocycles. The highest BCUT2D eigenvalue weighted by atomic mass is 35.5. The van der Waals surface area contributed by atoms with Crippen molar-refractivity contribution in [2.75, 3.05) is 36.5 Å². The lowest BCUT2D eigenvalue weighted by Crippen LogP contribution is -2.36. The van der Waals surface area contributed by atoms with Crippen LogP contribution in [0.15, 0.2) is 30.7 Å². The average molecular weight is 402 g/mol. The summed E-state index contributed by atoms with van der Waals surface area (Å²) in [4.78, 5) is 26.6. The summed E-state index contributed by atoms with van der Waals surface area (Å²) in [5.41, 5.74) is 6.66. The second kappa shape index (κ2) is 7.99. The van der Waals surface area contributed by atoms with Gasteiger partial charge in [-0.15, -0.1) is 0 Å². The maximum Gasteiger partial charge on any atom is 0.229 e. The molecule has 0 spiro atoms. The zero-order valence-electron chi connectivity index (χ0n) is 15.1. The average Bonchev–Trinajstić information content (AvgIpc) is 3.03. The monoisotopic (exact) mass is 401 g/mol. The predicted molar refractivity (Wildman–Crippen MR) is 107 cm³/mol. The van der Waals surface area contributed by atoms with E-state index in [2.05, 4.69) is 25.2 Å². The van der Waals surface area contributed by atoms with Crippen molar-refractivity contribution in [1.82, 2.24) is 19.5 Å². The Morgan fingerprint density at radius 3 is 2.79 bits per heavy atom. The van der Waals surface area contributed by atoms with E-state index in [-0.39, 0.29) is 12.3 Å². The summed E-state index contributed by atoms with van der Waals surface area (Å²) >= 11 is 6.24. The highest BCUT2D eigenvalue weighted by molar-refractivity contribution is 6.35. The van der Waals surface area contributed by atoms with Gasteiger partial charge in [0.05, 0.1) is 35.5 Å². The number of hydrogen-bond donors (Lipinski definition) is 2. The van der Waals surface area contributed by atoms with E-state index >= 15 is 0 Å². The number of halogens is 1. The van der Waals surface area contributed by atoms with Crippen LogP contribution in [0.2, 0.25) is 5.02 Å². The molecule has 1 amide bonds. The van der Waals surface area contributed by atoms with Gasteiger partial charge in [-0.3, -0.25) is 4.79 Å². The topological polar surface area (TPSA) is 111 Å². The smallest absolute Gasteiger partial charge is 0.229 e. The van der Waals surface area contributed by atoms with Crippen LogP contribution in [0.5, 0.6) is 0 Å². The van der Waals surface area contributed by atoms with Crippen LogP contribution in [0.3, 0.4) is 0 Å². The molecule has 0 radical (unpaired) electrons. The Labute approximate surface area is 166 Å². The largest absolute Gasteiger partial charge is 0.378 e. The van der Waals surface area contributed by atoms with Gasteiger partial charge < -0.3 is 25.3 Å². The molecule has 146 valence electrons. The molecule has 3 aromatic heterocycles. The number of nitrogens with one attached hydrogen (secondary N) is 1. The van der Waals surface area contributed by atoms with Crippen LogP contribution >= 0.6 is 11.6 Å². The second-order valence-electron chi connectivity index (χ2n) is 6.45. The summed E-state index contributed by atoms with van der Waals surface area (Å²) in [5, 5.41) is 4.40. The van der Waals surface area contributed by atoms with Crippen LogP contribution in [-0.4, -0.2) is 51.7 Å². The van der Waals surface area contributed by atoms with E-state index in [1.54, 1.807) is 23.2 Å². The number of pyridine rings is 1. The predicted octanol–water partition coefficient (Wildman–Crippen LogP) is 1.94. The first-order chi connectivity index (χ1) is 13.6. The van der Waals surface area contributed by atoms with Gasteiger partial charge in [0, 0.05) is 38.4 Å². The van der Waals surface area contributed by atoms with Gasteiger partial charge in [-0.05, 0) is 12.1 Å². The van der Waals surface area contributed by atoms with Crippen molar-refractivity contribution in [2.24, 2.45) is 5.73 Å². The van der Waals surface area contributed by atoms with Gasteiger partial charge in [0.1, 0.15) is 11.5 Å². The summed E-state index contributed by atoms with van der Waals surface area (Å²) in [7, 11) is 0. The Morgan fingerprint density at radius 2 is 2.07 bits per heavy atom.